The van der Waals surface area contributed by atoms with Crippen LogP contribution in [0, 0.1) is 0 Å². The van der Waals surface area contributed by atoms with E-state index in [0.717, 1.165) is 11.4 Å². The van der Waals surface area contributed by atoms with Gasteiger partial charge in [-0.05, 0) is 194 Å². The van der Waals surface area contributed by atoms with Crippen LogP contribution in [0.2, 0.25) is 0 Å². The highest BCUT2D eigenvalue weighted by atomic mass is 15.1. The van der Waals surface area contributed by atoms with Crippen molar-refractivity contribution in [1.82, 2.24) is 45.2 Å². The highest BCUT2D eigenvalue weighted by Crippen LogP contribution is 2.51. The topological polar surface area (TPSA) is 47.7 Å². The fraction of sp³-hybridized carbons (Fsp3) is 0. The van der Waals surface area contributed by atoms with Gasteiger partial charge in [-0.15, -0.1) is 0 Å². The van der Waals surface area contributed by atoms with Crippen molar-refractivity contribution in [3.05, 3.63) is 497 Å². The van der Waals surface area contributed by atoms with E-state index >= 15 is 0 Å². The zero-order valence-corrected chi connectivity index (χ0v) is 79.8. The summed E-state index contributed by atoms with van der Waals surface area (Å²) in [5, 5.41) is 33.4. The molecule has 0 fully saturated rings. The lowest BCUT2D eigenvalue weighted by atomic mass is 10.1. The number of nitrogens with zero attached hydrogens (tertiary/aromatic N) is 10. The average molecular weight is 1880 g/mol. The zero-order valence-electron chi connectivity index (χ0n) is 79.8. The molecule has 0 bridgehead atoms. The molecule has 0 aliphatic carbocycles. The Hall–Kier alpha value is -19.9. The summed E-state index contributed by atoms with van der Waals surface area (Å²) in [6.45, 7) is 0. The first-order chi connectivity index (χ1) is 73.5. The minimum Gasteiger partial charge on any atom is -0.309 e. The smallest absolute Gasteiger partial charge is 0.0620 e. The monoisotopic (exact) mass is 1880 g/mol. The molecule has 0 unspecified atom stereocenters. The third-order valence-corrected chi connectivity index (χ3v) is 32.8. The number of fused-ring (bicyclic) bond motifs is 41. The van der Waals surface area contributed by atoms with Gasteiger partial charge in [0.25, 0.3) is 0 Å². The molecule has 0 saturated carbocycles. The summed E-state index contributed by atoms with van der Waals surface area (Å²) in [6, 6.07) is 183. The van der Waals surface area contributed by atoms with E-state index in [0.29, 0.717) is 0 Å². The van der Waals surface area contributed by atoms with E-state index in [2.05, 4.69) is 543 Å². The fourth-order valence-corrected chi connectivity index (χ4v) is 26.9. The first-order valence-corrected chi connectivity index (χ1v) is 51.1. The van der Waals surface area contributed by atoms with Crippen molar-refractivity contribution in [2.24, 2.45) is 0 Å². The second-order valence-electron chi connectivity index (χ2n) is 40.0. The van der Waals surface area contributed by atoms with Gasteiger partial charge in [0.15, 0.2) is 0 Å². The zero-order chi connectivity index (χ0) is 96.1. The third kappa shape index (κ3) is 10.7. The largest absolute Gasteiger partial charge is 0.309 e. The summed E-state index contributed by atoms with van der Waals surface area (Å²) >= 11 is 0. The number of rotatable bonds is 7. The third-order valence-electron chi connectivity index (χ3n) is 32.8. The summed E-state index contributed by atoms with van der Waals surface area (Å²) in [4.78, 5) is 0. The van der Waals surface area contributed by atoms with Crippen molar-refractivity contribution in [3.8, 4) is 39.8 Å². The Bertz CT molecular complexity index is 12100. The first-order valence-electron chi connectivity index (χ1n) is 51.1. The maximum Gasteiger partial charge on any atom is 0.0620 e. The van der Waals surface area contributed by atoms with Gasteiger partial charge in [-0.1, -0.05) is 303 Å². The normalized spacial score (nSPS) is 12.5. The molecule has 36 aromatic rings. The van der Waals surface area contributed by atoms with Crippen LogP contribution in [0.4, 0.5) is 0 Å². The van der Waals surface area contributed by atoms with Crippen LogP contribution in [0.5, 0.6) is 0 Å². The van der Waals surface area contributed by atoms with Crippen LogP contribution in [0.1, 0.15) is 0 Å². The highest BCUT2D eigenvalue weighted by Gasteiger charge is 2.30. The maximum absolute atomic E-state index is 2.48. The standard InChI is InChI=1S/C54H32N4.2C42H25N3/c1-2-13-33(14-3-1)55-44-21-8-5-16-37(44)43-31-34(26-28-48(43)55)56-46-23-10-6-17-41(46)52-49(56)29-30-50-53(52)42-18-7-11-24-47(42)57(50)35-25-27-38-40-20-12-19-39-36-15-4-9-22-45(36)58(54(39)40)51(38)32-35;1-2-11-26(12-3-1)43-36-18-7-5-14-29(36)34-25-41-35(24-40(34)43)30-15-6-8-19-37(30)44(41)27-21-22-31-33-17-10-16-32-28-13-4-9-20-38(28)45(42(32)33)39(31)23-27;1-2-11-26(12-3-1)43-35-19-8-5-14-31(35)40-38(43)23-24-39-41(40)32-15-6-9-20-36(32)44(39)27-21-22-37-33(25-27)30-17-10-16-29-28-13-4-7-18-34(28)45(37)42(29)30/h1-32H;2*1-25H. The Kier molecular flexibility index (Phi) is 16.1. The predicted molar refractivity (Wildman–Crippen MR) is 624 cm³/mol. The summed E-state index contributed by atoms with van der Waals surface area (Å²) in [5.74, 6) is 0. The highest BCUT2D eigenvalue weighted by molar-refractivity contribution is 6.33. The molecule has 148 heavy (non-hydrogen) atoms. The van der Waals surface area contributed by atoms with E-state index in [4.69, 9.17) is 0 Å². The van der Waals surface area contributed by atoms with Crippen molar-refractivity contribution in [2.75, 3.05) is 0 Å². The van der Waals surface area contributed by atoms with Gasteiger partial charge in [0, 0.05) is 180 Å². The molecule has 36 rings (SSSR count). The minimum absolute atomic E-state index is 1.15. The molecule has 0 aliphatic heterocycles. The Labute approximate surface area is 843 Å². The Morgan fingerprint density at radius 3 is 0.601 bits per heavy atom. The molecule has 13 aromatic heterocycles. The molecule has 13 heterocycles. The van der Waals surface area contributed by atoms with Gasteiger partial charge < -0.3 is 45.2 Å². The number of hydrogen-bond acceptors (Lipinski definition) is 0. The predicted octanol–water partition coefficient (Wildman–Crippen LogP) is 36.2. The summed E-state index contributed by atoms with van der Waals surface area (Å²) < 4.78 is 24.5. The molecule has 10 heteroatoms. The molecule has 0 radical (unpaired) electrons. The molecule has 684 valence electrons. The number of para-hydroxylation sites is 16. The van der Waals surface area contributed by atoms with E-state index < -0.39 is 0 Å². The molecule has 23 aromatic carbocycles. The van der Waals surface area contributed by atoms with Crippen LogP contribution in [0.25, 0.3) is 307 Å². The van der Waals surface area contributed by atoms with Crippen LogP contribution in [-0.2, 0) is 0 Å². The Morgan fingerprint density at radius 1 is 0.0878 bits per heavy atom. The molecule has 0 N–H and O–H groups in total. The lowest BCUT2D eigenvalue weighted by Crippen LogP contribution is -1.96. The van der Waals surface area contributed by atoms with Crippen LogP contribution >= 0.6 is 0 Å². The van der Waals surface area contributed by atoms with Gasteiger partial charge in [0.2, 0.25) is 0 Å². The lowest BCUT2D eigenvalue weighted by molar-refractivity contribution is 1.16. The van der Waals surface area contributed by atoms with E-state index in [1.807, 2.05) is 0 Å². The second kappa shape index (κ2) is 29.9. The second-order valence-corrected chi connectivity index (χ2v) is 40.0. The Morgan fingerprint density at radius 2 is 0.270 bits per heavy atom. The molecule has 0 aliphatic rings. The van der Waals surface area contributed by atoms with Gasteiger partial charge in [0.05, 0.1) is 127 Å². The molecular formula is C138H82N10. The van der Waals surface area contributed by atoms with Crippen molar-refractivity contribution in [2.45, 2.75) is 0 Å². The number of benzene rings is 23. The van der Waals surface area contributed by atoms with Crippen LogP contribution in [0.15, 0.2) is 497 Å². The summed E-state index contributed by atoms with van der Waals surface area (Å²) in [6.07, 6.45) is 0. The molecule has 0 amide bonds. The van der Waals surface area contributed by atoms with Crippen molar-refractivity contribution in [3.63, 3.8) is 0 Å². The van der Waals surface area contributed by atoms with Crippen molar-refractivity contribution in [1.29, 1.82) is 0 Å². The summed E-state index contributed by atoms with van der Waals surface area (Å²) in [5.41, 5.74) is 36.6. The molecule has 0 atom stereocenters. The van der Waals surface area contributed by atoms with Gasteiger partial charge in [-0.25, -0.2) is 0 Å². The first kappa shape index (κ1) is 79.7. The quantitative estimate of drug-likeness (QED) is 0.153. The lowest BCUT2D eigenvalue weighted by Gasteiger charge is -2.11. The van der Waals surface area contributed by atoms with Crippen LogP contribution < -0.4 is 0 Å². The van der Waals surface area contributed by atoms with Gasteiger partial charge in [-0.2, -0.15) is 0 Å². The van der Waals surface area contributed by atoms with Crippen molar-refractivity contribution >= 4 is 267 Å². The molecule has 10 nitrogen and oxygen atoms in total. The van der Waals surface area contributed by atoms with E-state index in [1.165, 1.54) is 295 Å². The Balaban J connectivity index is 0.0000000960. The maximum atomic E-state index is 2.48. The van der Waals surface area contributed by atoms with E-state index in [1.54, 1.807) is 0 Å². The van der Waals surface area contributed by atoms with Crippen molar-refractivity contribution < 1.29 is 0 Å². The van der Waals surface area contributed by atoms with Gasteiger partial charge in [0.1, 0.15) is 0 Å². The van der Waals surface area contributed by atoms with Gasteiger partial charge in [-0.3, -0.25) is 0 Å². The van der Waals surface area contributed by atoms with Crippen LogP contribution in [-0.4, -0.2) is 45.2 Å². The van der Waals surface area contributed by atoms with Gasteiger partial charge >= 0.3 is 0 Å². The molecule has 0 spiro atoms. The summed E-state index contributed by atoms with van der Waals surface area (Å²) in [7, 11) is 0. The van der Waals surface area contributed by atoms with Crippen LogP contribution in [0.3, 0.4) is 0 Å². The minimum atomic E-state index is 1.15. The van der Waals surface area contributed by atoms with E-state index in [9.17, 15) is 0 Å². The van der Waals surface area contributed by atoms with E-state index in [-0.39, 0.29) is 0 Å². The fourth-order valence-electron chi connectivity index (χ4n) is 26.9. The SMILES string of the molecule is c1ccc(-n2c3ccccc3c3c4c5ccccc5n(-c5ccc6c(c5)c5cccc7c8ccccc8n6c75)c4ccc32)cc1.c1ccc(-n2c3ccccc3c3cc(-n4c5ccccc5c5c6c7ccccc7n(-c7ccc8c9cccc%10c%11ccccc%11n(c8c7)c%109)c6ccc54)ccc32)cc1.c1ccc(-n2c3ccccc3c3cc4c(cc32)c2ccccc2n4-c2ccc3c4cccc5c6ccccc6n(c3c2)c54)cc1. The molecule has 0 saturated heterocycles. The number of hydrogen-bond donors (Lipinski definition) is 0. The average Bonchev–Trinajstić information content (AvgIpc) is 1.54. The molecular weight excluding hydrogens is 1800 g/mol. The number of aromatic nitrogens is 10.